The number of nitrogens with zero attached hydrogens (tertiary/aromatic N) is 2. The molecular weight excluding hydrogens is 464 g/mol. The van der Waals surface area contributed by atoms with Gasteiger partial charge in [0.1, 0.15) is 6.61 Å². The van der Waals surface area contributed by atoms with Crippen LogP contribution in [0.25, 0.3) is 0 Å². The summed E-state index contributed by atoms with van der Waals surface area (Å²) in [5, 5.41) is 2.69. The lowest BCUT2D eigenvalue weighted by atomic mass is 10.1. The molecule has 2 aliphatic heterocycles. The van der Waals surface area contributed by atoms with Gasteiger partial charge in [-0.3, -0.25) is 9.59 Å². The van der Waals surface area contributed by atoms with Crippen LogP contribution in [0.4, 0.5) is 0 Å². The predicted octanol–water partition coefficient (Wildman–Crippen LogP) is 1.97. The Bertz CT molecular complexity index is 1080. The molecule has 1 atom stereocenters. The van der Waals surface area contributed by atoms with E-state index in [-0.39, 0.29) is 37.0 Å². The summed E-state index contributed by atoms with van der Waals surface area (Å²) in [4.78, 5) is 48.3. The molecule has 10 heteroatoms. The van der Waals surface area contributed by atoms with Crippen molar-refractivity contribution >= 4 is 23.6 Å². The molecule has 0 aliphatic carbocycles. The number of hydrogen-bond donors (Lipinski definition) is 2. The standard InChI is InChI=1S/C26H30N4O6/c1-2-34-23(32)17-35-21-12-14-30(15-13-21)22(31)16-27-25(33)19-10-8-18(9-11-19)24-28-26(36-29-24)20-6-4-3-5-7-20/h3-11,21,26H,2,12-17H2,1H3,(H,27,33)(H,28,29). The molecular formula is C26H30N4O6. The van der Waals surface area contributed by atoms with Crippen molar-refractivity contribution in [3.63, 3.8) is 0 Å². The van der Waals surface area contributed by atoms with Gasteiger partial charge in [0.2, 0.25) is 12.1 Å². The zero-order valence-corrected chi connectivity index (χ0v) is 20.1. The zero-order chi connectivity index (χ0) is 25.3. The molecule has 1 unspecified atom stereocenters. The molecule has 1 fully saturated rings. The summed E-state index contributed by atoms with van der Waals surface area (Å²) >= 11 is 0. The summed E-state index contributed by atoms with van der Waals surface area (Å²) in [6, 6.07) is 16.6. The normalized spacial score (nSPS) is 17.8. The Hall–Kier alpha value is -3.76. The quantitative estimate of drug-likeness (QED) is 0.512. The summed E-state index contributed by atoms with van der Waals surface area (Å²) in [6.07, 6.45) is 0.754. The van der Waals surface area contributed by atoms with E-state index in [1.807, 2.05) is 30.3 Å². The molecule has 0 saturated carbocycles. The number of hydroxylamine groups is 1. The van der Waals surface area contributed by atoms with Crippen molar-refractivity contribution in [1.82, 2.24) is 15.7 Å². The number of aliphatic imine (C=N–C) groups is 1. The lowest BCUT2D eigenvalue weighted by Gasteiger charge is -2.31. The number of amides is 2. The van der Waals surface area contributed by atoms with Crippen LogP contribution in [0, 0.1) is 0 Å². The minimum Gasteiger partial charge on any atom is -0.464 e. The van der Waals surface area contributed by atoms with Crippen LogP contribution in [0.3, 0.4) is 0 Å². The van der Waals surface area contributed by atoms with E-state index in [0.29, 0.717) is 43.9 Å². The average Bonchev–Trinajstić information content (AvgIpc) is 3.42. The van der Waals surface area contributed by atoms with Gasteiger partial charge in [-0.05, 0) is 31.9 Å². The number of carbonyl (C=O) groups excluding carboxylic acids is 3. The summed E-state index contributed by atoms with van der Waals surface area (Å²) in [6.45, 7) is 2.93. The van der Waals surface area contributed by atoms with Crippen LogP contribution >= 0.6 is 0 Å². The third-order valence-corrected chi connectivity index (χ3v) is 5.96. The van der Waals surface area contributed by atoms with Crippen molar-refractivity contribution < 1.29 is 28.7 Å². The predicted molar refractivity (Wildman–Crippen MR) is 131 cm³/mol. The summed E-state index contributed by atoms with van der Waals surface area (Å²) in [5.41, 5.74) is 5.00. The van der Waals surface area contributed by atoms with E-state index in [1.165, 1.54) is 0 Å². The largest absolute Gasteiger partial charge is 0.464 e. The van der Waals surface area contributed by atoms with Crippen LogP contribution < -0.4 is 10.8 Å². The highest BCUT2D eigenvalue weighted by Gasteiger charge is 2.24. The fourth-order valence-electron chi connectivity index (χ4n) is 3.98. The van der Waals surface area contributed by atoms with Crippen LogP contribution in [-0.2, 0) is 23.9 Å². The highest BCUT2D eigenvalue weighted by Crippen LogP contribution is 2.23. The van der Waals surface area contributed by atoms with Crippen molar-refractivity contribution in [1.29, 1.82) is 0 Å². The highest BCUT2D eigenvalue weighted by atomic mass is 16.7. The van der Waals surface area contributed by atoms with Crippen molar-refractivity contribution in [3.05, 3.63) is 71.3 Å². The Labute approximate surface area is 209 Å². The second-order valence-electron chi connectivity index (χ2n) is 8.42. The first-order valence-corrected chi connectivity index (χ1v) is 12.0. The third kappa shape index (κ3) is 6.67. The lowest BCUT2D eigenvalue weighted by molar-refractivity contribution is -0.152. The number of piperidine rings is 1. The van der Waals surface area contributed by atoms with Gasteiger partial charge in [-0.25, -0.2) is 20.1 Å². The van der Waals surface area contributed by atoms with Crippen molar-refractivity contribution in [2.45, 2.75) is 32.1 Å². The number of carbonyl (C=O) groups is 3. The molecule has 1 saturated heterocycles. The Morgan fingerprint density at radius 1 is 1.08 bits per heavy atom. The molecule has 2 aromatic carbocycles. The van der Waals surface area contributed by atoms with Crippen LogP contribution in [0.5, 0.6) is 0 Å². The molecule has 0 radical (unpaired) electrons. The number of likely N-dealkylation sites (tertiary alicyclic amines) is 1. The molecule has 2 N–H and O–H groups in total. The van der Waals surface area contributed by atoms with Crippen molar-refractivity contribution in [3.8, 4) is 0 Å². The molecule has 0 aromatic heterocycles. The number of ether oxygens (including phenoxy) is 2. The first-order valence-electron chi connectivity index (χ1n) is 12.0. The minimum atomic E-state index is -0.426. The number of rotatable bonds is 9. The first kappa shape index (κ1) is 25.3. The van der Waals surface area contributed by atoms with Gasteiger partial charge >= 0.3 is 5.97 Å². The molecule has 4 rings (SSSR count). The summed E-state index contributed by atoms with van der Waals surface area (Å²) in [5.74, 6) is -0.288. The van der Waals surface area contributed by atoms with Gasteiger partial charge in [0.15, 0.2) is 5.84 Å². The van der Waals surface area contributed by atoms with E-state index in [1.54, 1.807) is 36.1 Å². The van der Waals surface area contributed by atoms with E-state index in [9.17, 15) is 14.4 Å². The van der Waals surface area contributed by atoms with Crippen LogP contribution in [0.2, 0.25) is 0 Å². The number of nitrogens with one attached hydrogen (secondary N) is 2. The maximum Gasteiger partial charge on any atom is 0.332 e. The number of amidine groups is 1. The Morgan fingerprint density at radius 3 is 2.50 bits per heavy atom. The lowest BCUT2D eigenvalue weighted by Crippen LogP contribution is -2.45. The summed E-state index contributed by atoms with van der Waals surface area (Å²) in [7, 11) is 0. The van der Waals surface area contributed by atoms with Gasteiger partial charge < -0.3 is 19.7 Å². The molecule has 2 aliphatic rings. The fraction of sp³-hybridized carbons (Fsp3) is 0.385. The molecule has 2 aromatic rings. The van der Waals surface area contributed by atoms with Crippen LogP contribution in [0.15, 0.2) is 59.6 Å². The van der Waals surface area contributed by atoms with Crippen LogP contribution in [-0.4, -0.2) is 67.5 Å². The third-order valence-electron chi connectivity index (χ3n) is 5.96. The van der Waals surface area contributed by atoms with Gasteiger partial charge in [-0.15, -0.1) is 0 Å². The maximum atomic E-state index is 12.5. The van der Waals surface area contributed by atoms with Crippen LogP contribution in [0.1, 0.15) is 47.5 Å². The molecule has 190 valence electrons. The van der Waals surface area contributed by atoms with E-state index < -0.39 is 6.23 Å². The van der Waals surface area contributed by atoms with E-state index in [2.05, 4.69) is 15.8 Å². The van der Waals surface area contributed by atoms with Gasteiger partial charge in [0, 0.05) is 29.8 Å². The molecule has 0 spiro atoms. The van der Waals surface area contributed by atoms with Gasteiger partial charge in [0.25, 0.3) is 5.91 Å². The second-order valence-corrected chi connectivity index (χ2v) is 8.42. The van der Waals surface area contributed by atoms with Gasteiger partial charge in [0.05, 0.1) is 19.3 Å². The van der Waals surface area contributed by atoms with E-state index in [0.717, 1.165) is 11.1 Å². The van der Waals surface area contributed by atoms with Gasteiger partial charge in [-0.1, -0.05) is 42.5 Å². The number of benzene rings is 2. The zero-order valence-electron chi connectivity index (χ0n) is 20.1. The molecule has 10 nitrogen and oxygen atoms in total. The Kier molecular flexibility index (Phi) is 8.64. The highest BCUT2D eigenvalue weighted by molar-refractivity contribution is 6.01. The SMILES string of the molecule is CCOC(=O)COC1CCN(C(=O)CNC(=O)c2ccc(C3=NC(c4ccccc4)ON3)cc2)CC1. The van der Waals surface area contributed by atoms with Crippen molar-refractivity contribution in [2.75, 3.05) is 32.8 Å². The molecule has 2 amide bonds. The monoisotopic (exact) mass is 494 g/mol. The second kappa shape index (κ2) is 12.3. The molecule has 0 bridgehead atoms. The van der Waals surface area contributed by atoms with E-state index >= 15 is 0 Å². The Morgan fingerprint density at radius 2 is 1.81 bits per heavy atom. The maximum absolute atomic E-state index is 12.5. The number of esters is 1. The van der Waals surface area contributed by atoms with Crippen molar-refractivity contribution in [2.24, 2.45) is 4.99 Å². The number of hydrogen-bond acceptors (Lipinski definition) is 8. The fourth-order valence-corrected chi connectivity index (χ4v) is 3.98. The average molecular weight is 495 g/mol. The Balaban J connectivity index is 1.21. The molecule has 36 heavy (non-hydrogen) atoms. The van der Waals surface area contributed by atoms with Gasteiger partial charge in [-0.2, -0.15) is 0 Å². The summed E-state index contributed by atoms with van der Waals surface area (Å²) < 4.78 is 10.4. The topological polar surface area (TPSA) is 119 Å². The minimum absolute atomic E-state index is 0.0780. The van der Waals surface area contributed by atoms with E-state index in [4.69, 9.17) is 14.3 Å². The molecule has 2 heterocycles. The first-order chi connectivity index (χ1) is 17.5. The smallest absolute Gasteiger partial charge is 0.332 e.